The van der Waals surface area contributed by atoms with E-state index in [-0.39, 0.29) is 17.0 Å². The Labute approximate surface area is 155 Å². The summed E-state index contributed by atoms with van der Waals surface area (Å²) in [6.07, 6.45) is -0.995. The van der Waals surface area contributed by atoms with E-state index in [0.29, 0.717) is 0 Å². The van der Waals surface area contributed by atoms with Crippen molar-refractivity contribution in [3.05, 3.63) is 59.9 Å². The van der Waals surface area contributed by atoms with Gasteiger partial charge in [-0.2, -0.15) is 0 Å². The van der Waals surface area contributed by atoms with E-state index < -0.39 is 36.4 Å². The van der Waals surface area contributed by atoms with Gasteiger partial charge in [0.25, 0.3) is 5.91 Å². The molecular weight excluding hydrogens is 357 g/mol. The molecule has 2 rings (SSSR count). The highest BCUT2D eigenvalue weighted by Gasteiger charge is 2.19. The number of ether oxygens (including phenoxy) is 3. The van der Waals surface area contributed by atoms with Gasteiger partial charge in [-0.15, -0.1) is 0 Å². The van der Waals surface area contributed by atoms with Crippen molar-refractivity contribution in [1.29, 1.82) is 0 Å². The molecule has 0 aliphatic rings. The van der Waals surface area contributed by atoms with E-state index in [1.54, 1.807) is 12.1 Å². The Bertz CT molecular complexity index is 821. The van der Waals surface area contributed by atoms with Crippen LogP contribution in [0.5, 0.6) is 5.75 Å². The van der Waals surface area contributed by atoms with Crippen molar-refractivity contribution in [2.75, 3.05) is 19.0 Å². The zero-order valence-electron chi connectivity index (χ0n) is 14.7. The van der Waals surface area contributed by atoms with Gasteiger partial charge in [-0.05, 0) is 43.3 Å². The monoisotopic (exact) mass is 375 g/mol. The minimum Gasteiger partial charge on any atom is -0.479 e. The van der Waals surface area contributed by atoms with Crippen LogP contribution in [0.4, 0.5) is 10.1 Å². The number of para-hydroxylation sites is 1. The molecule has 0 heterocycles. The van der Waals surface area contributed by atoms with E-state index in [9.17, 15) is 18.8 Å². The number of benzene rings is 2. The molecular formula is C19H18FNO6. The summed E-state index contributed by atoms with van der Waals surface area (Å²) in [6.45, 7) is 0.877. The van der Waals surface area contributed by atoms with Gasteiger partial charge in [-0.3, -0.25) is 4.79 Å². The van der Waals surface area contributed by atoms with Gasteiger partial charge in [0.2, 0.25) is 0 Å². The Morgan fingerprint density at radius 3 is 2.41 bits per heavy atom. The fourth-order valence-corrected chi connectivity index (χ4v) is 2.09. The lowest BCUT2D eigenvalue weighted by molar-refractivity contribution is -0.153. The molecule has 0 saturated heterocycles. The minimum absolute atomic E-state index is 0.174. The average Bonchev–Trinajstić information content (AvgIpc) is 2.67. The lowest BCUT2D eigenvalue weighted by atomic mass is 10.2. The second-order valence-electron chi connectivity index (χ2n) is 5.41. The van der Waals surface area contributed by atoms with Crippen molar-refractivity contribution in [1.82, 2.24) is 0 Å². The molecule has 0 aliphatic carbocycles. The number of methoxy groups -OCH3 is 1. The Balaban J connectivity index is 1.87. The largest absolute Gasteiger partial charge is 0.479 e. The molecule has 2 aromatic carbocycles. The van der Waals surface area contributed by atoms with Crippen molar-refractivity contribution in [3.8, 4) is 5.75 Å². The van der Waals surface area contributed by atoms with E-state index in [0.717, 1.165) is 0 Å². The third kappa shape index (κ3) is 5.81. The normalized spacial score (nSPS) is 11.2. The van der Waals surface area contributed by atoms with Crippen LogP contribution in [0, 0.1) is 5.82 Å². The summed E-state index contributed by atoms with van der Waals surface area (Å²) >= 11 is 0. The lowest BCUT2D eigenvalue weighted by Gasteiger charge is -2.14. The number of hydrogen-bond acceptors (Lipinski definition) is 6. The van der Waals surface area contributed by atoms with E-state index >= 15 is 0 Å². The second kappa shape index (κ2) is 9.33. The molecule has 0 bridgehead atoms. The Morgan fingerprint density at radius 2 is 1.74 bits per heavy atom. The summed E-state index contributed by atoms with van der Waals surface area (Å²) in [4.78, 5) is 35.6. The van der Waals surface area contributed by atoms with Crippen LogP contribution in [0.3, 0.4) is 0 Å². The molecule has 27 heavy (non-hydrogen) atoms. The fraction of sp³-hybridized carbons (Fsp3) is 0.211. The average molecular weight is 375 g/mol. The van der Waals surface area contributed by atoms with Crippen molar-refractivity contribution in [2.45, 2.75) is 13.0 Å². The molecule has 2 aromatic rings. The first kappa shape index (κ1) is 19.9. The maximum Gasteiger partial charge on any atom is 0.347 e. The molecule has 1 atom stereocenters. The van der Waals surface area contributed by atoms with Crippen molar-refractivity contribution in [3.63, 3.8) is 0 Å². The maximum atomic E-state index is 12.9. The first-order valence-corrected chi connectivity index (χ1v) is 7.96. The van der Waals surface area contributed by atoms with Gasteiger partial charge in [-0.1, -0.05) is 12.1 Å². The lowest BCUT2D eigenvalue weighted by Crippen LogP contribution is -2.30. The van der Waals surface area contributed by atoms with E-state index in [4.69, 9.17) is 9.47 Å². The van der Waals surface area contributed by atoms with Gasteiger partial charge < -0.3 is 19.5 Å². The van der Waals surface area contributed by atoms with Crippen LogP contribution < -0.4 is 10.1 Å². The number of carbonyl (C=O) groups is 3. The number of hydrogen-bond donors (Lipinski definition) is 1. The summed E-state index contributed by atoms with van der Waals surface area (Å²) in [5.41, 5.74) is 0.411. The Kier molecular flexibility index (Phi) is 6.87. The molecule has 8 heteroatoms. The quantitative estimate of drug-likeness (QED) is 0.748. The number of nitrogens with one attached hydrogen (secondary N) is 1. The van der Waals surface area contributed by atoms with Crippen LogP contribution in [-0.2, 0) is 19.1 Å². The molecule has 0 unspecified atom stereocenters. The molecule has 142 valence electrons. The smallest absolute Gasteiger partial charge is 0.347 e. The van der Waals surface area contributed by atoms with Crippen LogP contribution in [0.15, 0.2) is 48.5 Å². The molecule has 0 radical (unpaired) electrons. The minimum atomic E-state index is -0.995. The van der Waals surface area contributed by atoms with Gasteiger partial charge in [0.05, 0.1) is 18.4 Å². The Hall–Kier alpha value is -3.42. The third-order valence-electron chi connectivity index (χ3n) is 3.41. The predicted octanol–water partition coefficient (Wildman–Crippen LogP) is 2.56. The first-order chi connectivity index (χ1) is 12.9. The summed E-state index contributed by atoms with van der Waals surface area (Å²) in [5, 5.41) is 2.48. The van der Waals surface area contributed by atoms with Gasteiger partial charge in [0.15, 0.2) is 12.7 Å². The number of carbonyl (C=O) groups excluding carboxylic acids is 3. The molecule has 1 N–H and O–H groups in total. The van der Waals surface area contributed by atoms with Crippen LogP contribution in [0.25, 0.3) is 0 Å². The maximum absolute atomic E-state index is 12.9. The van der Waals surface area contributed by atoms with E-state index in [2.05, 4.69) is 10.1 Å². The highest BCUT2D eigenvalue weighted by atomic mass is 19.1. The summed E-state index contributed by atoms with van der Waals surface area (Å²) in [7, 11) is 1.23. The highest BCUT2D eigenvalue weighted by molar-refractivity contribution is 6.01. The second-order valence-corrected chi connectivity index (χ2v) is 5.41. The van der Waals surface area contributed by atoms with Gasteiger partial charge in [0, 0.05) is 0 Å². The molecule has 1 amide bonds. The number of halogens is 1. The van der Waals surface area contributed by atoms with E-state index in [1.165, 1.54) is 50.4 Å². The fourth-order valence-electron chi connectivity index (χ4n) is 2.09. The van der Waals surface area contributed by atoms with Gasteiger partial charge in [-0.25, -0.2) is 14.0 Å². The van der Waals surface area contributed by atoms with Crippen LogP contribution in [-0.4, -0.2) is 37.7 Å². The number of amides is 1. The highest BCUT2D eigenvalue weighted by Crippen LogP contribution is 2.16. The van der Waals surface area contributed by atoms with Crippen LogP contribution >= 0.6 is 0 Å². The standard InChI is InChI=1S/C19H18FNO6/c1-12(27-14-9-7-13(20)8-10-14)18(23)26-11-17(22)21-16-6-4-3-5-15(16)19(24)25-2/h3-10,12H,11H2,1-2H3,(H,21,22)/t12-/m0/s1. The van der Waals surface area contributed by atoms with Gasteiger partial charge in [0.1, 0.15) is 11.6 Å². The SMILES string of the molecule is COC(=O)c1ccccc1NC(=O)COC(=O)[C@H](C)Oc1ccc(F)cc1. The molecule has 0 aliphatic heterocycles. The number of anilines is 1. The van der Waals surface area contributed by atoms with Crippen LogP contribution in [0.1, 0.15) is 17.3 Å². The number of esters is 2. The van der Waals surface area contributed by atoms with E-state index in [1.807, 2.05) is 0 Å². The van der Waals surface area contributed by atoms with Crippen molar-refractivity contribution in [2.24, 2.45) is 0 Å². The summed E-state index contributed by atoms with van der Waals surface area (Å²) < 4.78 is 27.7. The molecule has 0 fully saturated rings. The molecule has 0 aromatic heterocycles. The third-order valence-corrected chi connectivity index (χ3v) is 3.41. The van der Waals surface area contributed by atoms with Gasteiger partial charge >= 0.3 is 11.9 Å². The number of rotatable bonds is 7. The summed E-state index contributed by atoms with van der Waals surface area (Å²) in [5.74, 6) is -2.15. The van der Waals surface area contributed by atoms with Crippen molar-refractivity contribution >= 4 is 23.5 Å². The van der Waals surface area contributed by atoms with Crippen LogP contribution in [0.2, 0.25) is 0 Å². The van der Waals surface area contributed by atoms with Crippen molar-refractivity contribution < 1.29 is 33.0 Å². The summed E-state index contributed by atoms with van der Waals surface area (Å²) in [6, 6.07) is 11.4. The Morgan fingerprint density at radius 1 is 1.07 bits per heavy atom. The zero-order chi connectivity index (χ0) is 19.8. The molecule has 7 nitrogen and oxygen atoms in total. The molecule has 0 saturated carbocycles. The zero-order valence-corrected chi connectivity index (χ0v) is 14.7. The predicted molar refractivity (Wildman–Crippen MR) is 93.9 cm³/mol. The molecule has 0 spiro atoms. The topological polar surface area (TPSA) is 90.9 Å². The first-order valence-electron chi connectivity index (χ1n) is 7.96.